The third-order valence-corrected chi connectivity index (χ3v) is 2.02. The van der Waals surface area contributed by atoms with Gasteiger partial charge in [0, 0.05) is 0 Å². The Kier molecular flexibility index (Phi) is 4.02. The van der Waals surface area contributed by atoms with Crippen LogP contribution in [-0.2, 0) is 25.6 Å². The first kappa shape index (κ1) is 12.0. The lowest BCUT2D eigenvalue weighted by Crippen LogP contribution is -2.22. The number of carbonyl (C=O) groups is 1. The van der Waals surface area contributed by atoms with Gasteiger partial charge in [-0.15, -0.1) is 10.2 Å². The van der Waals surface area contributed by atoms with Gasteiger partial charge in [0.25, 0.3) is 0 Å². The third kappa shape index (κ3) is 3.48. The van der Waals surface area contributed by atoms with E-state index < -0.39 is 12.6 Å². The number of hydrogen-bond acceptors (Lipinski definition) is 7. The van der Waals surface area contributed by atoms with Crippen molar-refractivity contribution in [1.82, 2.24) is 10.2 Å². The summed E-state index contributed by atoms with van der Waals surface area (Å²) in [6, 6.07) is 0. The molecule has 0 aromatic carbocycles. The molecule has 0 spiro atoms. The number of hydrogen-bond donors (Lipinski definition) is 1. The van der Waals surface area contributed by atoms with E-state index in [2.05, 4.69) is 10.2 Å². The monoisotopic (exact) mass is 244 g/mol. The fraction of sp³-hybridized carbons (Fsp3) is 0.667. The van der Waals surface area contributed by atoms with Crippen molar-refractivity contribution < 1.29 is 28.5 Å². The van der Waals surface area contributed by atoms with E-state index in [-0.39, 0.29) is 18.6 Å². The quantitative estimate of drug-likeness (QED) is 0.756. The zero-order chi connectivity index (χ0) is 12.1. The summed E-state index contributed by atoms with van der Waals surface area (Å²) in [5.41, 5.74) is 0. The van der Waals surface area contributed by atoms with Crippen LogP contribution in [0, 0.1) is 0 Å². The third-order valence-electron chi connectivity index (χ3n) is 2.02. The molecule has 0 aliphatic carbocycles. The summed E-state index contributed by atoms with van der Waals surface area (Å²) >= 11 is 0. The lowest BCUT2D eigenvalue weighted by Gasteiger charge is -2.19. The van der Waals surface area contributed by atoms with E-state index in [1.54, 1.807) is 0 Å². The minimum absolute atomic E-state index is 0.0348. The van der Waals surface area contributed by atoms with Crippen LogP contribution in [0.2, 0.25) is 0 Å². The second kappa shape index (κ2) is 5.71. The highest BCUT2D eigenvalue weighted by molar-refractivity contribution is 5.67. The van der Waals surface area contributed by atoms with E-state index >= 15 is 0 Å². The topological polar surface area (TPSA) is 104 Å². The van der Waals surface area contributed by atoms with Gasteiger partial charge >= 0.3 is 5.97 Å². The Hall–Kier alpha value is -1.51. The first-order valence-corrected chi connectivity index (χ1v) is 5.07. The largest absolute Gasteiger partial charge is 0.480 e. The lowest BCUT2D eigenvalue weighted by molar-refractivity contribution is -0.142. The molecule has 8 nitrogen and oxygen atoms in total. The van der Waals surface area contributed by atoms with Crippen LogP contribution in [0.15, 0.2) is 4.42 Å². The average Bonchev–Trinajstić information content (AvgIpc) is 2.78. The van der Waals surface area contributed by atoms with Crippen molar-refractivity contribution in [1.29, 1.82) is 0 Å². The van der Waals surface area contributed by atoms with Gasteiger partial charge in [-0.05, 0) is 0 Å². The molecule has 1 atom stereocenters. The highest BCUT2D eigenvalue weighted by Gasteiger charge is 2.22. The van der Waals surface area contributed by atoms with Gasteiger partial charge < -0.3 is 23.7 Å². The molecule has 1 aliphatic rings. The van der Waals surface area contributed by atoms with Gasteiger partial charge in [0.1, 0.15) is 13.2 Å². The molecule has 94 valence electrons. The maximum atomic E-state index is 10.2. The Morgan fingerprint density at radius 1 is 1.47 bits per heavy atom. The lowest BCUT2D eigenvalue weighted by atomic mass is 10.3. The average molecular weight is 244 g/mol. The van der Waals surface area contributed by atoms with Crippen molar-refractivity contribution in [2.45, 2.75) is 12.7 Å². The van der Waals surface area contributed by atoms with E-state index in [1.807, 2.05) is 0 Å². The molecule has 1 fully saturated rings. The van der Waals surface area contributed by atoms with Crippen LogP contribution in [0.4, 0.5) is 0 Å². The zero-order valence-corrected chi connectivity index (χ0v) is 9.00. The van der Waals surface area contributed by atoms with E-state index in [9.17, 15) is 4.79 Å². The van der Waals surface area contributed by atoms with Crippen molar-refractivity contribution in [2.24, 2.45) is 0 Å². The highest BCUT2D eigenvalue weighted by Crippen LogP contribution is 2.19. The Labute approximate surface area is 96.5 Å². The van der Waals surface area contributed by atoms with Crippen LogP contribution in [-0.4, -0.2) is 47.7 Å². The normalized spacial score (nSPS) is 20.4. The first-order valence-electron chi connectivity index (χ1n) is 5.07. The smallest absolute Gasteiger partial charge is 0.329 e. The van der Waals surface area contributed by atoms with Crippen molar-refractivity contribution in [2.75, 3.05) is 26.4 Å². The first-order chi connectivity index (χ1) is 8.25. The Morgan fingerprint density at radius 2 is 2.35 bits per heavy atom. The molecule has 1 aliphatic heterocycles. The van der Waals surface area contributed by atoms with E-state index in [1.165, 1.54) is 0 Å². The van der Waals surface area contributed by atoms with Gasteiger partial charge in [-0.3, -0.25) is 0 Å². The van der Waals surface area contributed by atoms with Crippen molar-refractivity contribution in [3.8, 4) is 0 Å². The Morgan fingerprint density at radius 3 is 3.06 bits per heavy atom. The number of nitrogens with zero attached hydrogens (tertiary/aromatic N) is 2. The molecule has 0 amide bonds. The predicted molar refractivity (Wildman–Crippen MR) is 51.1 cm³/mol. The molecule has 0 saturated carbocycles. The molecule has 0 bridgehead atoms. The van der Waals surface area contributed by atoms with Gasteiger partial charge in [0.05, 0.1) is 19.8 Å². The molecular formula is C9H12N2O6. The SMILES string of the molecule is O=C(O)COCc1nnc(C2COCCO2)o1. The molecular weight excluding hydrogens is 232 g/mol. The van der Waals surface area contributed by atoms with Gasteiger partial charge in [-0.25, -0.2) is 4.79 Å². The number of ether oxygens (including phenoxy) is 3. The fourth-order valence-electron chi connectivity index (χ4n) is 1.31. The number of carboxylic acids is 1. The van der Waals surface area contributed by atoms with Gasteiger partial charge in [-0.1, -0.05) is 0 Å². The predicted octanol–water partition coefficient (Wildman–Crippen LogP) is -0.241. The maximum Gasteiger partial charge on any atom is 0.329 e. The molecule has 1 saturated heterocycles. The van der Waals surface area contributed by atoms with Crippen molar-refractivity contribution in [3.63, 3.8) is 0 Å². The molecule has 17 heavy (non-hydrogen) atoms. The van der Waals surface area contributed by atoms with E-state index in [4.69, 9.17) is 23.7 Å². The number of carboxylic acid groups (broad SMARTS) is 1. The van der Waals surface area contributed by atoms with Gasteiger partial charge in [0.2, 0.25) is 11.8 Å². The molecule has 1 aromatic heterocycles. The zero-order valence-electron chi connectivity index (χ0n) is 9.00. The van der Waals surface area contributed by atoms with E-state index in [0.29, 0.717) is 25.7 Å². The summed E-state index contributed by atoms with van der Waals surface area (Å²) in [6.07, 6.45) is -0.357. The fourth-order valence-corrected chi connectivity index (χ4v) is 1.31. The molecule has 1 aromatic rings. The Bertz CT molecular complexity index is 373. The van der Waals surface area contributed by atoms with Gasteiger partial charge in [-0.2, -0.15) is 0 Å². The minimum Gasteiger partial charge on any atom is -0.480 e. The summed E-state index contributed by atoms with van der Waals surface area (Å²) < 4.78 is 20.6. The molecule has 0 radical (unpaired) electrons. The molecule has 2 heterocycles. The summed E-state index contributed by atoms with van der Waals surface area (Å²) in [6.45, 7) is 0.975. The van der Waals surface area contributed by atoms with Crippen molar-refractivity contribution in [3.05, 3.63) is 11.8 Å². The van der Waals surface area contributed by atoms with Crippen LogP contribution in [0.5, 0.6) is 0 Å². The molecule has 1 N–H and O–H groups in total. The van der Waals surface area contributed by atoms with Gasteiger partial charge in [0.15, 0.2) is 6.10 Å². The van der Waals surface area contributed by atoms with Crippen LogP contribution < -0.4 is 0 Å². The second-order valence-electron chi connectivity index (χ2n) is 3.35. The molecule has 8 heteroatoms. The summed E-state index contributed by atoms with van der Waals surface area (Å²) in [5, 5.41) is 15.9. The number of aromatic nitrogens is 2. The van der Waals surface area contributed by atoms with Crippen LogP contribution in [0.25, 0.3) is 0 Å². The van der Waals surface area contributed by atoms with Crippen LogP contribution in [0.1, 0.15) is 17.9 Å². The van der Waals surface area contributed by atoms with E-state index in [0.717, 1.165) is 0 Å². The summed E-state index contributed by atoms with van der Waals surface area (Å²) in [4.78, 5) is 10.2. The van der Waals surface area contributed by atoms with Crippen molar-refractivity contribution >= 4 is 5.97 Å². The number of rotatable bonds is 5. The molecule has 1 unspecified atom stereocenters. The summed E-state index contributed by atoms with van der Waals surface area (Å²) in [5.74, 6) is -0.511. The number of aliphatic carboxylic acids is 1. The standard InChI is InChI=1S/C9H12N2O6/c12-8(13)5-15-4-7-10-11-9(17-7)6-3-14-1-2-16-6/h6H,1-5H2,(H,12,13). The highest BCUT2D eigenvalue weighted by atomic mass is 16.6. The van der Waals surface area contributed by atoms with Crippen LogP contribution >= 0.6 is 0 Å². The minimum atomic E-state index is -1.05. The second-order valence-corrected chi connectivity index (χ2v) is 3.35. The Balaban J connectivity index is 1.84. The van der Waals surface area contributed by atoms with Crippen LogP contribution in [0.3, 0.4) is 0 Å². The summed E-state index contributed by atoms with van der Waals surface area (Å²) in [7, 11) is 0. The molecule has 2 rings (SSSR count). The maximum absolute atomic E-state index is 10.2.